The summed E-state index contributed by atoms with van der Waals surface area (Å²) in [5, 5.41) is 26.4. The molecule has 10 nitrogen and oxygen atoms in total. The van der Waals surface area contributed by atoms with Crippen molar-refractivity contribution >= 4 is 44.7 Å². The van der Waals surface area contributed by atoms with E-state index in [-0.39, 0.29) is 17.7 Å². The quantitative estimate of drug-likeness (QED) is 0.244. The van der Waals surface area contributed by atoms with E-state index in [1.165, 1.54) is 39.3 Å². The highest BCUT2D eigenvalue weighted by atomic mass is 32.1. The number of hydrogen-bond acceptors (Lipinski definition) is 10. The summed E-state index contributed by atoms with van der Waals surface area (Å²) in [6.07, 6.45) is 5.08. The Labute approximate surface area is 214 Å². The molecule has 0 aliphatic rings. The Kier molecular flexibility index (Phi) is 8.14. The van der Waals surface area contributed by atoms with Crippen LogP contribution in [0.2, 0.25) is 0 Å². The number of hydrogen-bond donors (Lipinski definition) is 1. The Morgan fingerprint density at radius 2 is 2.00 bits per heavy atom. The summed E-state index contributed by atoms with van der Waals surface area (Å²) < 4.78 is 7.07. The van der Waals surface area contributed by atoms with Crippen LogP contribution >= 0.6 is 22.7 Å². The molecule has 1 aromatic carbocycles. The van der Waals surface area contributed by atoms with Gasteiger partial charge in [-0.15, -0.1) is 10.2 Å². The number of aromatic nitrogens is 5. The maximum Gasteiger partial charge on any atom is 0.275 e. The standard InChI is InChI=1S/C24H23N7O3S2/c1-3-5-6-20-28-29-23(35-20)27-22(33)16(13-25)11-15-7-9-18(10-8-15)34-14-17-12-21(32)31-24(26-17)36-19(4-2)30-31/h7-12H,3-6,14H2,1-2H3,(H,27,29,33). The minimum Gasteiger partial charge on any atom is -0.487 e. The zero-order chi connectivity index (χ0) is 25.5. The number of ether oxygens (including phenoxy) is 1. The summed E-state index contributed by atoms with van der Waals surface area (Å²) in [4.78, 5) is 29.8. The summed E-state index contributed by atoms with van der Waals surface area (Å²) >= 11 is 2.69. The van der Waals surface area contributed by atoms with Gasteiger partial charge in [0.15, 0.2) is 0 Å². The van der Waals surface area contributed by atoms with Crippen molar-refractivity contribution in [2.75, 3.05) is 5.32 Å². The first kappa shape index (κ1) is 25.2. The first-order chi connectivity index (χ1) is 17.5. The third-order valence-corrected chi connectivity index (χ3v) is 6.97. The Hall–Kier alpha value is -3.95. The maximum atomic E-state index is 12.5. The van der Waals surface area contributed by atoms with Crippen molar-refractivity contribution in [2.24, 2.45) is 0 Å². The van der Waals surface area contributed by atoms with E-state index in [0.717, 1.165) is 35.7 Å². The molecular formula is C24H23N7O3S2. The fraction of sp³-hybridized carbons (Fsp3) is 0.292. The molecule has 0 radical (unpaired) electrons. The predicted octanol–water partition coefficient (Wildman–Crippen LogP) is 4.03. The number of nitriles is 1. The molecule has 0 atom stereocenters. The topological polar surface area (TPSA) is 135 Å². The second-order valence-electron chi connectivity index (χ2n) is 7.72. The molecule has 0 unspecified atom stereocenters. The summed E-state index contributed by atoms with van der Waals surface area (Å²) in [7, 11) is 0. The van der Waals surface area contributed by atoms with Crippen molar-refractivity contribution in [3.8, 4) is 11.8 Å². The van der Waals surface area contributed by atoms with Crippen LogP contribution in [0.4, 0.5) is 5.13 Å². The molecule has 0 spiro atoms. The van der Waals surface area contributed by atoms with E-state index in [2.05, 4.69) is 32.5 Å². The van der Waals surface area contributed by atoms with Gasteiger partial charge in [0.1, 0.15) is 34.0 Å². The molecule has 36 heavy (non-hydrogen) atoms. The molecule has 4 rings (SSSR count). The lowest BCUT2D eigenvalue weighted by Gasteiger charge is -2.06. The van der Waals surface area contributed by atoms with E-state index in [9.17, 15) is 14.9 Å². The van der Waals surface area contributed by atoms with Gasteiger partial charge >= 0.3 is 0 Å². The molecule has 0 fully saturated rings. The Balaban J connectivity index is 1.38. The Morgan fingerprint density at radius 3 is 2.72 bits per heavy atom. The molecule has 3 heterocycles. The van der Waals surface area contributed by atoms with Gasteiger partial charge in [-0.1, -0.05) is 55.1 Å². The van der Waals surface area contributed by atoms with Gasteiger partial charge in [-0.05, 0) is 36.6 Å². The fourth-order valence-corrected chi connectivity index (χ4v) is 4.78. The fourth-order valence-electron chi connectivity index (χ4n) is 3.14. The van der Waals surface area contributed by atoms with Crippen molar-refractivity contribution in [3.63, 3.8) is 0 Å². The van der Waals surface area contributed by atoms with Crippen LogP contribution in [0.15, 0.2) is 40.7 Å². The molecule has 4 aromatic rings. The molecule has 0 aliphatic heterocycles. The molecule has 0 saturated carbocycles. The van der Waals surface area contributed by atoms with Crippen molar-refractivity contribution < 1.29 is 9.53 Å². The molecule has 0 saturated heterocycles. The first-order valence-corrected chi connectivity index (χ1v) is 13.0. The minimum atomic E-state index is -0.543. The van der Waals surface area contributed by atoms with Gasteiger partial charge in [-0.3, -0.25) is 14.9 Å². The zero-order valence-corrected chi connectivity index (χ0v) is 21.4. The summed E-state index contributed by atoms with van der Waals surface area (Å²) in [6.45, 7) is 4.19. The van der Waals surface area contributed by atoms with Gasteiger partial charge in [0, 0.05) is 12.5 Å². The normalized spacial score (nSPS) is 11.4. The third kappa shape index (κ3) is 6.18. The van der Waals surface area contributed by atoms with Crippen LogP contribution in [-0.2, 0) is 24.2 Å². The molecule has 1 amide bonds. The van der Waals surface area contributed by atoms with Crippen LogP contribution in [0.1, 0.15) is 48.0 Å². The van der Waals surface area contributed by atoms with Gasteiger partial charge in [-0.25, -0.2) is 4.98 Å². The number of fused-ring (bicyclic) bond motifs is 1. The lowest BCUT2D eigenvalue weighted by molar-refractivity contribution is -0.112. The predicted molar refractivity (Wildman–Crippen MR) is 138 cm³/mol. The maximum absolute atomic E-state index is 12.5. The number of carbonyl (C=O) groups excluding carboxylic acids is 1. The highest BCUT2D eigenvalue weighted by molar-refractivity contribution is 7.16. The van der Waals surface area contributed by atoms with Crippen molar-refractivity contribution in [2.45, 2.75) is 46.1 Å². The average Bonchev–Trinajstić information content (AvgIpc) is 3.52. The van der Waals surface area contributed by atoms with Crippen LogP contribution in [0.3, 0.4) is 0 Å². The number of amides is 1. The number of carbonyl (C=O) groups is 1. The summed E-state index contributed by atoms with van der Waals surface area (Å²) in [5.41, 5.74) is 0.865. The Morgan fingerprint density at radius 1 is 1.19 bits per heavy atom. The van der Waals surface area contributed by atoms with E-state index in [0.29, 0.717) is 27.1 Å². The van der Waals surface area contributed by atoms with Gasteiger partial charge in [0.05, 0.1) is 5.69 Å². The number of rotatable bonds is 10. The van der Waals surface area contributed by atoms with E-state index in [1.54, 1.807) is 24.3 Å². The van der Waals surface area contributed by atoms with Crippen LogP contribution in [-0.4, -0.2) is 30.7 Å². The van der Waals surface area contributed by atoms with E-state index >= 15 is 0 Å². The number of anilines is 1. The third-order valence-electron chi connectivity index (χ3n) is 5.02. The molecule has 3 aromatic heterocycles. The largest absolute Gasteiger partial charge is 0.487 e. The van der Waals surface area contributed by atoms with Crippen LogP contribution in [0.25, 0.3) is 11.0 Å². The van der Waals surface area contributed by atoms with Crippen LogP contribution in [0, 0.1) is 11.3 Å². The number of nitrogens with zero attached hydrogens (tertiary/aromatic N) is 6. The molecule has 0 aliphatic carbocycles. The van der Waals surface area contributed by atoms with Gasteiger partial charge < -0.3 is 4.74 Å². The van der Waals surface area contributed by atoms with E-state index in [1.807, 2.05) is 13.0 Å². The smallest absolute Gasteiger partial charge is 0.275 e. The molecule has 12 heteroatoms. The number of nitrogens with one attached hydrogen (secondary N) is 1. The molecule has 1 N–H and O–H groups in total. The van der Waals surface area contributed by atoms with Crippen molar-refractivity contribution in [1.82, 2.24) is 24.8 Å². The summed E-state index contributed by atoms with van der Waals surface area (Å²) in [6, 6.07) is 10.2. The molecule has 184 valence electrons. The first-order valence-electron chi connectivity index (χ1n) is 11.4. The SMILES string of the molecule is CCCCc1nnc(NC(=O)C(C#N)=Cc2ccc(OCc3cc(=O)n4nc(CC)sc4n3)cc2)s1. The van der Waals surface area contributed by atoms with Gasteiger partial charge in [0.25, 0.3) is 11.5 Å². The number of benzene rings is 1. The monoisotopic (exact) mass is 521 g/mol. The second kappa shape index (κ2) is 11.7. The number of unbranched alkanes of at least 4 members (excludes halogenated alkanes) is 1. The lowest BCUT2D eigenvalue weighted by Crippen LogP contribution is -2.16. The molecule has 0 bridgehead atoms. The number of aryl methyl sites for hydroxylation is 2. The zero-order valence-electron chi connectivity index (χ0n) is 19.7. The van der Waals surface area contributed by atoms with E-state index in [4.69, 9.17) is 4.74 Å². The minimum absolute atomic E-state index is 0.0528. The van der Waals surface area contributed by atoms with E-state index < -0.39 is 5.91 Å². The summed E-state index contributed by atoms with van der Waals surface area (Å²) in [5.74, 6) is 0.0159. The average molecular weight is 522 g/mol. The van der Waals surface area contributed by atoms with Crippen LogP contribution < -0.4 is 15.6 Å². The Bertz CT molecular complexity index is 1500. The molecular weight excluding hydrogens is 498 g/mol. The second-order valence-corrected chi connectivity index (χ2v) is 9.82. The van der Waals surface area contributed by atoms with Gasteiger partial charge in [0.2, 0.25) is 10.1 Å². The lowest BCUT2D eigenvalue weighted by atomic mass is 10.1. The van der Waals surface area contributed by atoms with Crippen LogP contribution in [0.5, 0.6) is 5.75 Å². The van der Waals surface area contributed by atoms with Crippen molar-refractivity contribution in [3.05, 3.63) is 67.5 Å². The van der Waals surface area contributed by atoms with Gasteiger partial charge in [-0.2, -0.15) is 14.9 Å². The highest BCUT2D eigenvalue weighted by Gasteiger charge is 2.13. The van der Waals surface area contributed by atoms with Crippen molar-refractivity contribution in [1.29, 1.82) is 5.26 Å². The highest BCUT2D eigenvalue weighted by Crippen LogP contribution is 2.20.